The van der Waals surface area contributed by atoms with Gasteiger partial charge in [-0.2, -0.15) is 11.8 Å². The van der Waals surface area contributed by atoms with Gasteiger partial charge in [0.1, 0.15) is 5.82 Å². The molecule has 0 aliphatic rings. The van der Waals surface area contributed by atoms with Crippen LogP contribution in [-0.4, -0.2) is 33.5 Å². The molecule has 5 nitrogen and oxygen atoms in total. The van der Waals surface area contributed by atoms with Crippen molar-refractivity contribution in [2.75, 3.05) is 17.3 Å². The third-order valence-corrected chi connectivity index (χ3v) is 3.61. The van der Waals surface area contributed by atoms with Gasteiger partial charge in [0, 0.05) is 18.1 Å². The van der Waals surface area contributed by atoms with Crippen LogP contribution in [0.25, 0.3) is 5.69 Å². The van der Waals surface area contributed by atoms with Crippen molar-refractivity contribution >= 4 is 48.2 Å². The van der Waals surface area contributed by atoms with Crippen molar-refractivity contribution in [3.05, 3.63) is 42.7 Å². The number of nitrogens with two attached hydrogens (primary N) is 1. The first kappa shape index (κ1) is 21.7. The Balaban J connectivity index is 0.00000242. The van der Waals surface area contributed by atoms with Crippen molar-refractivity contribution in [1.29, 1.82) is 0 Å². The van der Waals surface area contributed by atoms with Crippen LogP contribution in [-0.2, 0) is 4.79 Å². The minimum atomic E-state index is -0.589. The van der Waals surface area contributed by atoms with Crippen molar-refractivity contribution in [2.45, 2.75) is 12.5 Å². The van der Waals surface area contributed by atoms with Crippen LogP contribution in [0.3, 0.4) is 0 Å². The number of halogens is 3. The predicted octanol–water partition coefficient (Wildman–Crippen LogP) is 2.87. The van der Waals surface area contributed by atoms with Crippen molar-refractivity contribution in [3.8, 4) is 5.69 Å². The van der Waals surface area contributed by atoms with E-state index in [9.17, 15) is 9.18 Å². The van der Waals surface area contributed by atoms with E-state index in [0.29, 0.717) is 17.8 Å². The number of hydrogen-bond acceptors (Lipinski definition) is 4. The normalized spacial score (nSPS) is 11.1. The standard InChI is InChI=1S/C14H17FN4OS.2ClH/c1-21-7-4-12(16)14(20)18-10-2-3-13(11(15)8-10)19-6-5-17-9-19;;/h2-3,5-6,8-9,12H,4,7,16H2,1H3,(H,18,20);2*1H/t12-;;/m0../s1. The van der Waals surface area contributed by atoms with Gasteiger partial charge in [-0.15, -0.1) is 24.8 Å². The van der Waals surface area contributed by atoms with Crippen LogP contribution >= 0.6 is 36.6 Å². The van der Waals surface area contributed by atoms with Gasteiger partial charge in [0.25, 0.3) is 0 Å². The van der Waals surface area contributed by atoms with Crippen LogP contribution in [0.15, 0.2) is 36.9 Å². The number of nitrogens with one attached hydrogen (secondary N) is 1. The van der Waals surface area contributed by atoms with E-state index in [1.54, 1.807) is 40.9 Å². The Morgan fingerprint density at radius 3 is 2.78 bits per heavy atom. The Kier molecular flexibility index (Phi) is 9.90. The molecule has 0 unspecified atom stereocenters. The second kappa shape index (κ2) is 10.5. The molecule has 0 radical (unpaired) electrons. The Labute approximate surface area is 151 Å². The van der Waals surface area contributed by atoms with E-state index in [4.69, 9.17) is 5.73 Å². The summed E-state index contributed by atoms with van der Waals surface area (Å²) in [5, 5.41) is 2.63. The maximum Gasteiger partial charge on any atom is 0.241 e. The molecule has 1 heterocycles. The van der Waals surface area contributed by atoms with Crippen molar-refractivity contribution < 1.29 is 9.18 Å². The molecule has 9 heteroatoms. The first-order chi connectivity index (χ1) is 10.1. The van der Waals surface area contributed by atoms with E-state index in [0.717, 1.165) is 5.75 Å². The second-order valence-electron chi connectivity index (χ2n) is 4.51. The fourth-order valence-electron chi connectivity index (χ4n) is 1.81. The zero-order valence-corrected chi connectivity index (χ0v) is 14.9. The molecule has 0 saturated heterocycles. The minimum absolute atomic E-state index is 0. The number of carbonyl (C=O) groups is 1. The lowest BCUT2D eigenvalue weighted by Crippen LogP contribution is -2.36. The zero-order chi connectivity index (χ0) is 15.2. The molecule has 0 bridgehead atoms. The fraction of sp³-hybridized carbons (Fsp3) is 0.286. The first-order valence-electron chi connectivity index (χ1n) is 6.45. The molecule has 3 N–H and O–H groups in total. The molecule has 0 aliphatic carbocycles. The van der Waals surface area contributed by atoms with Gasteiger partial charge in [-0.25, -0.2) is 9.37 Å². The summed E-state index contributed by atoms with van der Waals surface area (Å²) in [5.74, 6) is 0.0602. The quantitative estimate of drug-likeness (QED) is 0.807. The lowest BCUT2D eigenvalue weighted by Gasteiger charge is -2.12. The number of hydrogen-bond donors (Lipinski definition) is 2. The summed E-state index contributed by atoms with van der Waals surface area (Å²) in [5.41, 5.74) is 6.53. The highest BCUT2D eigenvalue weighted by molar-refractivity contribution is 7.98. The molecule has 23 heavy (non-hydrogen) atoms. The van der Waals surface area contributed by atoms with Crippen LogP contribution in [0.5, 0.6) is 0 Å². The topological polar surface area (TPSA) is 72.9 Å². The molecule has 0 fully saturated rings. The van der Waals surface area contributed by atoms with Gasteiger partial charge in [0.2, 0.25) is 5.91 Å². The minimum Gasteiger partial charge on any atom is -0.325 e. The highest BCUT2D eigenvalue weighted by Gasteiger charge is 2.14. The Morgan fingerprint density at radius 2 is 2.22 bits per heavy atom. The van der Waals surface area contributed by atoms with E-state index < -0.39 is 11.9 Å². The van der Waals surface area contributed by atoms with E-state index in [1.807, 2.05) is 6.26 Å². The Morgan fingerprint density at radius 1 is 1.48 bits per heavy atom. The van der Waals surface area contributed by atoms with Gasteiger partial charge in [-0.05, 0) is 36.6 Å². The van der Waals surface area contributed by atoms with Gasteiger partial charge >= 0.3 is 0 Å². The van der Waals surface area contributed by atoms with E-state index in [2.05, 4.69) is 10.3 Å². The largest absolute Gasteiger partial charge is 0.325 e. The number of benzene rings is 1. The first-order valence-corrected chi connectivity index (χ1v) is 7.84. The molecule has 2 aromatic rings. The molecule has 1 aromatic heterocycles. The van der Waals surface area contributed by atoms with Crippen LogP contribution < -0.4 is 11.1 Å². The number of rotatable bonds is 6. The third-order valence-electron chi connectivity index (χ3n) is 2.97. The fourth-order valence-corrected chi connectivity index (χ4v) is 2.30. The summed E-state index contributed by atoms with van der Waals surface area (Å²) >= 11 is 1.63. The summed E-state index contributed by atoms with van der Waals surface area (Å²) in [7, 11) is 0. The average Bonchev–Trinajstić information content (AvgIpc) is 2.98. The van der Waals surface area contributed by atoms with Gasteiger partial charge in [-0.1, -0.05) is 0 Å². The smallest absolute Gasteiger partial charge is 0.241 e. The van der Waals surface area contributed by atoms with Crippen LogP contribution in [0.1, 0.15) is 6.42 Å². The summed E-state index contributed by atoms with van der Waals surface area (Å²) in [4.78, 5) is 15.7. The number of amides is 1. The Bertz CT molecular complexity index is 613. The van der Waals surface area contributed by atoms with Crippen LogP contribution in [0, 0.1) is 5.82 Å². The average molecular weight is 381 g/mol. The lowest BCUT2D eigenvalue weighted by atomic mass is 10.2. The van der Waals surface area contributed by atoms with E-state index in [-0.39, 0.29) is 30.7 Å². The number of thioether (sulfide) groups is 1. The van der Waals surface area contributed by atoms with Crippen LogP contribution in [0.2, 0.25) is 0 Å². The Hall–Kier alpha value is -1.28. The maximum absolute atomic E-state index is 14.0. The van der Waals surface area contributed by atoms with E-state index in [1.165, 1.54) is 12.4 Å². The van der Waals surface area contributed by atoms with E-state index >= 15 is 0 Å². The van der Waals surface area contributed by atoms with Gasteiger partial charge in [-0.3, -0.25) is 4.79 Å². The van der Waals surface area contributed by atoms with Crippen molar-refractivity contribution in [2.24, 2.45) is 5.73 Å². The summed E-state index contributed by atoms with van der Waals surface area (Å²) in [6, 6.07) is 3.90. The molecule has 0 aliphatic heterocycles. The molecule has 1 atom stereocenters. The van der Waals surface area contributed by atoms with Gasteiger partial charge in [0.15, 0.2) is 0 Å². The summed E-state index contributed by atoms with van der Waals surface area (Å²) in [6.45, 7) is 0. The maximum atomic E-state index is 14.0. The monoisotopic (exact) mass is 380 g/mol. The number of anilines is 1. The lowest BCUT2D eigenvalue weighted by molar-refractivity contribution is -0.117. The number of carbonyl (C=O) groups excluding carboxylic acids is 1. The zero-order valence-electron chi connectivity index (χ0n) is 12.4. The number of imidazole rings is 1. The van der Waals surface area contributed by atoms with Crippen molar-refractivity contribution in [3.63, 3.8) is 0 Å². The molecule has 1 amide bonds. The van der Waals surface area contributed by atoms with Crippen LogP contribution in [0.4, 0.5) is 10.1 Å². The third kappa shape index (κ3) is 6.02. The molecular weight excluding hydrogens is 362 g/mol. The molecule has 128 valence electrons. The number of aromatic nitrogens is 2. The second-order valence-corrected chi connectivity index (χ2v) is 5.50. The molecule has 0 saturated carbocycles. The highest BCUT2D eigenvalue weighted by atomic mass is 35.5. The summed E-state index contributed by atoms with van der Waals surface area (Å²) in [6.07, 6.45) is 7.27. The molecular formula is C14H19Cl2FN4OS. The van der Waals surface area contributed by atoms with Gasteiger partial charge in [0.05, 0.1) is 18.1 Å². The van der Waals surface area contributed by atoms with Gasteiger partial charge < -0.3 is 15.6 Å². The van der Waals surface area contributed by atoms with Crippen molar-refractivity contribution in [1.82, 2.24) is 9.55 Å². The highest BCUT2D eigenvalue weighted by Crippen LogP contribution is 2.18. The molecule has 1 aromatic carbocycles. The number of nitrogens with zero attached hydrogens (tertiary/aromatic N) is 2. The molecule has 0 spiro atoms. The molecule has 2 rings (SSSR count). The predicted molar refractivity (Wildman–Crippen MR) is 97.6 cm³/mol. The SMILES string of the molecule is CSCC[C@H](N)C(=O)Nc1ccc(-n2ccnc2)c(F)c1.Cl.Cl. The summed E-state index contributed by atoms with van der Waals surface area (Å²) < 4.78 is 15.6.